The number of rotatable bonds is 0. The van der Waals surface area contributed by atoms with Gasteiger partial charge in [-0.1, -0.05) is 0 Å². The normalized spacial score (nSPS) is 31.3. The second kappa shape index (κ2) is 4.37. The minimum absolute atomic E-state index is 0.289. The highest BCUT2D eigenvalue weighted by Gasteiger charge is 2.48. The summed E-state index contributed by atoms with van der Waals surface area (Å²) in [6, 6.07) is -0.841. The van der Waals surface area contributed by atoms with Crippen LogP contribution >= 0.6 is 0 Å². The van der Waals surface area contributed by atoms with Gasteiger partial charge in [0, 0.05) is 27.2 Å². The molecule has 2 saturated heterocycles. The Morgan fingerprint density at radius 3 is 2.58 bits per heavy atom. The first-order valence-corrected chi connectivity index (χ1v) is 6.30. The molecule has 3 aliphatic rings. The number of aliphatic imine (C=N–C) groups is 1. The molecule has 3 amide bonds. The molecule has 0 spiro atoms. The summed E-state index contributed by atoms with van der Waals surface area (Å²) in [5, 5.41) is 2.34. The molecule has 8 heteroatoms. The lowest BCUT2D eigenvalue weighted by Crippen LogP contribution is -2.63. The highest BCUT2D eigenvalue weighted by molar-refractivity contribution is 6.03. The van der Waals surface area contributed by atoms with Crippen LogP contribution in [0.15, 0.2) is 4.99 Å². The van der Waals surface area contributed by atoms with Crippen molar-refractivity contribution in [2.24, 2.45) is 4.99 Å². The third-order valence-corrected chi connectivity index (χ3v) is 3.77. The Bertz CT molecular complexity index is 446. The van der Waals surface area contributed by atoms with Crippen molar-refractivity contribution in [2.75, 3.05) is 40.4 Å². The number of nitrogens with zero attached hydrogens (tertiary/aromatic N) is 4. The molecule has 1 N–H and O–H groups in total. The summed E-state index contributed by atoms with van der Waals surface area (Å²) < 4.78 is 5.31. The Hall–Kier alpha value is -1.83. The van der Waals surface area contributed by atoms with Crippen molar-refractivity contribution in [3.63, 3.8) is 0 Å². The molecule has 0 radical (unpaired) electrons. The molecule has 0 aromatic carbocycles. The van der Waals surface area contributed by atoms with Crippen LogP contribution in [0.5, 0.6) is 0 Å². The molecule has 19 heavy (non-hydrogen) atoms. The third kappa shape index (κ3) is 1.83. The fourth-order valence-corrected chi connectivity index (χ4v) is 2.67. The summed E-state index contributed by atoms with van der Waals surface area (Å²) in [5.74, 6) is 0.470. The molecule has 0 aromatic heterocycles. The van der Waals surface area contributed by atoms with E-state index >= 15 is 0 Å². The van der Waals surface area contributed by atoms with Gasteiger partial charge in [-0.2, -0.15) is 0 Å². The predicted molar refractivity (Wildman–Crippen MR) is 66.5 cm³/mol. The average Bonchev–Trinajstić information content (AvgIpc) is 2.76. The number of carbonyl (C=O) groups excluding carboxylic acids is 2. The summed E-state index contributed by atoms with van der Waals surface area (Å²) in [5.41, 5.74) is 0. The molecular formula is C11H17N5O3. The molecule has 0 bridgehead atoms. The lowest BCUT2D eigenvalue weighted by atomic mass is 10.1. The van der Waals surface area contributed by atoms with Crippen molar-refractivity contribution in [3.05, 3.63) is 0 Å². The van der Waals surface area contributed by atoms with E-state index in [0.29, 0.717) is 13.2 Å². The van der Waals surface area contributed by atoms with Crippen molar-refractivity contribution in [2.45, 2.75) is 12.2 Å². The summed E-state index contributed by atoms with van der Waals surface area (Å²) in [7, 11) is 3.49. The van der Waals surface area contributed by atoms with Gasteiger partial charge in [-0.3, -0.25) is 10.1 Å². The Morgan fingerprint density at radius 2 is 1.89 bits per heavy atom. The van der Waals surface area contributed by atoms with E-state index in [-0.39, 0.29) is 5.91 Å². The maximum absolute atomic E-state index is 12.0. The number of hydrogen-bond donors (Lipinski definition) is 1. The van der Waals surface area contributed by atoms with Crippen molar-refractivity contribution in [1.82, 2.24) is 20.0 Å². The third-order valence-electron chi connectivity index (χ3n) is 3.77. The number of fused-ring (bicyclic) bond motifs is 1. The second-order valence-electron chi connectivity index (χ2n) is 4.90. The Morgan fingerprint density at radius 1 is 1.21 bits per heavy atom. The summed E-state index contributed by atoms with van der Waals surface area (Å²) >= 11 is 0. The molecule has 2 atom stereocenters. The number of guanidine groups is 1. The van der Waals surface area contributed by atoms with Gasteiger partial charge in [0.1, 0.15) is 0 Å². The number of ether oxygens (including phenoxy) is 1. The van der Waals surface area contributed by atoms with Gasteiger partial charge in [-0.25, -0.2) is 9.79 Å². The molecular weight excluding hydrogens is 250 g/mol. The number of amides is 3. The minimum Gasteiger partial charge on any atom is -0.378 e. The van der Waals surface area contributed by atoms with Crippen LogP contribution in [0.4, 0.5) is 4.79 Å². The average molecular weight is 267 g/mol. The molecule has 3 aliphatic heterocycles. The molecule has 3 heterocycles. The molecule has 0 saturated carbocycles. The number of urea groups is 1. The van der Waals surface area contributed by atoms with Gasteiger partial charge in [0.25, 0.3) is 5.91 Å². The number of imide groups is 1. The Balaban J connectivity index is 1.87. The van der Waals surface area contributed by atoms with Crippen LogP contribution in [0.2, 0.25) is 0 Å². The maximum atomic E-state index is 12.0. The van der Waals surface area contributed by atoms with Crippen LogP contribution in [-0.2, 0) is 9.53 Å². The van der Waals surface area contributed by atoms with Gasteiger partial charge in [0.15, 0.2) is 18.2 Å². The first-order valence-electron chi connectivity index (χ1n) is 6.30. The summed E-state index contributed by atoms with van der Waals surface area (Å²) in [6.07, 6.45) is -0.441. The fourth-order valence-electron chi connectivity index (χ4n) is 2.67. The van der Waals surface area contributed by atoms with E-state index in [9.17, 15) is 9.59 Å². The van der Waals surface area contributed by atoms with Crippen LogP contribution in [0.3, 0.4) is 0 Å². The predicted octanol–water partition coefficient (Wildman–Crippen LogP) is -1.50. The standard InChI is InChI=1S/C11H17N5O3/c1-14-7-8(15(2)11(18)13-9(7)17)12-10(14)16-3-5-19-6-4-16/h7-8H,3-6H2,1-2H3,(H,13,17,18). The quantitative estimate of drug-likeness (QED) is 0.578. The van der Waals surface area contributed by atoms with E-state index < -0.39 is 18.2 Å². The van der Waals surface area contributed by atoms with Gasteiger partial charge in [-0.15, -0.1) is 0 Å². The topological polar surface area (TPSA) is 77.5 Å². The molecule has 2 fully saturated rings. The van der Waals surface area contributed by atoms with Crippen LogP contribution < -0.4 is 5.32 Å². The Kier molecular flexibility index (Phi) is 2.81. The molecule has 0 aromatic rings. The Labute approximate surface area is 111 Å². The lowest BCUT2D eigenvalue weighted by Gasteiger charge is -2.36. The van der Waals surface area contributed by atoms with E-state index in [4.69, 9.17) is 4.74 Å². The lowest BCUT2D eigenvalue weighted by molar-refractivity contribution is -0.126. The van der Waals surface area contributed by atoms with Gasteiger partial charge in [-0.05, 0) is 0 Å². The number of morpholine rings is 1. The van der Waals surface area contributed by atoms with Gasteiger partial charge in [0.2, 0.25) is 0 Å². The second-order valence-corrected chi connectivity index (χ2v) is 4.90. The number of nitrogens with one attached hydrogen (secondary N) is 1. The highest BCUT2D eigenvalue weighted by atomic mass is 16.5. The van der Waals surface area contributed by atoms with E-state index in [1.54, 1.807) is 7.05 Å². The van der Waals surface area contributed by atoms with Crippen LogP contribution in [-0.4, -0.2) is 85.2 Å². The van der Waals surface area contributed by atoms with Crippen LogP contribution in [0.1, 0.15) is 0 Å². The number of carbonyl (C=O) groups is 2. The molecule has 0 aliphatic carbocycles. The fraction of sp³-hybridized carbons (Fsp3) is 0.727. The SMILES string of the molecule is CN1C(=O)NC(=O)C2C1N=C(N1CCOCC1)N2C. The van der Waals surface area contributed by atoms with Crippen molar-refractivity contribution in [1.29, 1.82) is 0 Å². The van der Waals surface area contributed by atoms with E-state index in [1.165, 1.54) is 4.90 Å². The highest BCUT2D eigenvalue weighted by Crippen LogP contribution is 2.24. The smallest absolute Gasteiger partial charge is 0.325 e. The molecule has 3 rings (SSSR count). The van der Waals surface area contributed by atoms with Crippen molar-refractivity contribution >= 4 is 17.9 Å². The van der Waals surface area contributed by atoms with Crippen LogP contribution in [0.25, 0.3) is 0 Å². The van der Waals surface area contributed by atoms with E-state index in [0.717, 1.165) is 19.0 Å². The zero-order chi connectivity index (χ0) is 13.6. The molecule has 8 nitrogen and oxygen atoms in total. The van der Waals surface area contributed by atoms with E-state index in [1.807, 2.05) is 11.9 Å². The monoisotopic (exact) mass is 267 g/mol. The van der Waals surface area contributed by atoms with Crippen molar-refractivity contribution in [3.8, 4) is 0 Å². The molecule has 104 valence electrons. The molecule has 2 unspecified atom stereocenters. The van der Waals surface area contributed by atoms with Crippen molar-refractivity contribution < 1.29 is 14.3 Å². The first-order chi connectivity index (χ1) is 9.09. The van der Waals surface area contributed by atoms with E-state index in [2.05, 4.69) is 15.2 Å². The summed E-state index contributed by atoms with van der Waals surface area (Å²) in [4.78, 5) is 33.5. The largest absolute Gasteiger partial charge is 0.378 e. The maximum Gasteiger partial charge on any atom is 0.325 e. The number of hydrogen-bond acceptors (Lipinski definition) is 6. The first kappa shape index (κ1) is 12.2. The number of likely N-dealkylation sites (N-methyl/N-ethyl adjacent to an activating group) is 2. The zero-order valence-electron chi connectivity index (χ0n) is 11.0. The van der Waals surface area contributed by atoms with Gasteiger partial charge in [0.05, 0.1) is 13.2 Å². The minimum atomic E-state index is -0.444. The van der Waals surface area contributed by atoms with Gasteiger partial charge < -0.3 is 19.4 Å². The van der Waals surface area contributed by atoms with Crippen LogP contribution in [0, 0.1) is 0 Å². The zero-order valence-corrected chi connectivity index (χ0v) is 11.0. The summed E-state index contributed by atoms with van der Waals surface area (Å²) in [6.45, 7) is 2.82. The van der Waals surface area contributed by atoms with Gasteiger partial charge >= 0.3 is 6.03 Å².